The Bertz CT molecular complexity index is 215. The van der Waals surface area contributed by atoms with Crippen molar-refractivity contribution >= 4 is 5.78 Å². The molecule has 0 aromatic carbocycles. The molecule has 1 heteroatoms. The third-order valence-electron chi connectivity index (χ3n) is 2.92. The van der Waals surface area contributed by atoms with Gasteiger partial charge in [0.1, 0.15) is 0 Å². The van der Waals surface area contributed by atoms with E-state index in [-0.39, 0.29) is 0 Å². The minimum atomic E-state index is 0.418. The molecule has 0 aliphatic heterocycles. The molecule has 2 atom stereocenters. The number of rotatable bonds is 0. The highest BCUT2D eigenvalue weighted by Crippen LogP contribution is 2.37. The van der Waals surface area contributed by atoms with Crippen molar-refractivity contribution in [3.05, 3.63) is 11.6 Å². The molecule has 2 aliphatic rings. The smallest absolute Gasteiger partial charge is 0.158 e. The summed E-state index contributed by atoms with van der Waals surface area (Å²) in [5.74, 6) is 1.70. The van der Waals surface area contributed by atoms with Gasteiger partial charge in [0.05, 0.1) is 0 Å². The van der Waals surface area contributed by atoms with E-state index in [0.29, 0.717) is 17.6 Å². The number of carbonyl (C=O) groups is 1. The van der Waals surface area contributed by atoms with Crippen molar-refractivity contribution in [3.63, 3.8) is 0 Å². The third kappa shape index (κ3) is 1.13. The monoisotopic (exact) mass is 150 g/mol. The Balaban J connectivity index is 2.27. The quantitative estimate of drug-likeness (QED) is 0.518. The molecule has 2 rings (SSSR count). The average molecular weight is 150 g/mol. The average Bonchev–Trinajstić information content (AvgIpc) is 2.33. The summed E-state index contributed by atoms with van der Waals surface area (Å²) in [5.41, 5.74) is 1.16. The van der Waals surface area contributed by atoms with E-state index < -0.39 is 0 Å². The Labute approximate surface area is 67.5 Å². The molecule has 0 amide bonds. The summed E-state index contributed by atoms with van der Waals surface area (Å²) in [4.78, 5) is 11.3. The molecule has 11 heavy (non-hydrogen) atoms. The first-order valence-electron chi connectivity index (χ1n) is 4.52. The van der Waals surface area contributed by atoms with E-state index in [2.05, 4.69) is 13.0 Å². The van der Waals surface area contributed by atoms with Crippen LogP contribution in [0, 0.1) is 11.8 Å². The number of Topliss-reactive ketones (excluding diaryl/α,β-unsaturated/α-hetero) is 1. The lowest BCUT2D eigenvalue weighted by atomic mass is 9.85. The van der Waals surface area contributed by atoms with Crippen molar-refractivity contribution in [2.45, 2.75) is 32.6 Å². The van der Waals surface area contributed by atoms with Crippen LogP contribution in [-0.2, 0) is 4.79 Å². The number of fused-ring (bicyclic) bond motifs is 1. The molecule has 0 saturated heterocycles. The van der Waals surface area contributed by atoms with Crippen LogP contribution in [0.3, 0.4) is 0 Å². The van der Waals surface area contributed by atoms with E-state index in [9.17, 15) is 4.79 Å². The van der Waals surface area contributed by atoms with Crippen LogP contribution in [0.25, 0.3) is 0 Å². The Morgan fingerprint density at radius 3 is 3.00 bits per heavy atom. The van der Waals surface area contributed by atoms with Crippen molar-refractivity contribution in [1.29, 1.82) is 0 Å². The fraction of sp³-hybridized carbons (Fsp3) is 0.700. The molecule has 2 aliphatic carbocycles. The van der Waals surface area contributed by atoms with Crippen LogP contribution in [-0.4, -0.2) is 5.78 Å². The van der Waals surface area contributed by atoms with Gasteiger partial charge >= 0.3 is 0 Å². The van der Waals surface area contributed by atoms with Crippen LogP contribution < -0.4 is 0 Å². The fourth-order valence-corrected chi connectivity index (χ4v) is 2.22. The van der Waals surface area contributed by atoms with Crippen molar-refractivity contribution in [3.8, 4) is 0 Å². The molecule has 0 spiro atoms. The first-order valence-corrected chi connectivity index (χ1v) is 4.52. The third-order valence-corrected chi connectivity index (χ3v) is 2.92. The SMILES string of the molecule is CC1C=C2C(=O)CCC2CC1. The van der Waals surface area contributed by atoms with Crippen LogP contribution in [0.5, 0.6) is 0 Å². The van der Waals surface area contributed by atoms with Crippen molar-refractivity contribution < 1.29 is 4.79 Å². The van der Waals surface area contributed by atoms with Crippen LogP contribution >= 0.6 is 0 Å². The van der Waals surface area contributed by atoms with Gasteiger partial charge in [-0.15, -0.1) is 0 Å². The summed E-state index contributed by atoms with van der Waals surface area (Å²) >= 11 is 0. The molecule has 2 unspecified atom stereocenters. The summed E-state index contributed by atoms with van der Waals surface area (Å²) in [6, 6.07) is 0. The van der Waals surface area contributed by atoms with Gasteiger partial charge in [0.2, 0.25) is 0 Å². The number of carbonyl (C=O) groups excluding carboxylic acids is 1. The number of hydrogen-bond acceptors (Lipinski definition) is 1. The maximum atomic E-state index is 11.3. The standard InChI is InChI=1S/C10H14O/c1-7-2-3-8-4-5-10(11)9(8)6-7/h6-8H,2-5H2,1H3. The highest BCUT2D eigenvalue weighted by Gasteiger charge is 2.31. The Kier molecular flexibility index (Phi) is 1.59. The lowest BCUT2D eigenvalue weighted by Gasteiger charge is -2.19. The zero-order chi connectivity index (χ0) is 7.84. The number of hydrogen-bond donors (Lipinski definition) is 0. The predicted molar refractivity (Wildman–Crippen MR) is 44.2 cm³/mol. The first-order chi connectivity index (χ1) is 5.27. The Morgan fingerprint density at radius 2 is 2.18 bits per heavy atom. The van der Waals surface area contributed by atoms with Crippen LogP contribution in [0.1, 0.15) is 32.6 Å². The predicted octanol–water partition coefficient (Wildman–Crippen LogP) is 2.32. The van der Waals surface area contributed by atoms with Crippen molar-refractivity contribution in [2.75, 3.05) is 0 Å². The lowest BCUT2D eigenvalue weighted by molar-refractivity contribution is -0.114. The van der Waals surface area contributed by atoms with Crippen LogP contribution in [0.4, 0.5) is 0 Å². The molecular formula is C10H14O. The van der Waals surface area contributed by atoms with E-state index in [1.54, 1.807) is 0 Å². The molecular weight excluding hydrogens is 136 g/mol. The van der Waals surface area contributed by atoms with Crippen molar-refractivity contribution in [1.82, 2.24) is 0 Å². The van der Waals surface area contributed by atoms with E-state index >= 15 is 0 Å². The maximum absolute atomic E-state index is 11.3. The first kappa shape index (κ1) is 7.08. The van der Waals surface area contributed by atoms with Gasteiger partial charge in [0.15, 0.2) is 5.78 Å². The molecule has 0 N–H and O–H groups in total. The second-order valence-electron chi connectivity index (χ2n) is 3.84. The molecule has 1 fully saturated rings. The van der Waals surface area contributed by atoms with Gasteiger partial charge in [0.25, 0.3) is 0 Å². The summed E-state index contributed by atoms with van der Waals surface area (Å²) in [6.45, 7) is 2.20. The molecule has 60 valence electrons. The van der Waals surface area contributed by atoms with Gasteiger partial charge in [0, 0.05) is 6.42 Å². The summed E-state index contributed by atoms with van der Waals surface area (Å²) in [6.07, 6.45) is 6.66. The Morgan fingerprint density at radius 1 is 1.36 bits per heavy atom. The van der Waals surface area contributed by atoms with Crippen LogP contribution in [0.15, 0.2) is 11.6 Å². The zero-order valence-corrected chi connectivity index (χ0v) is 6.97. The highest BCUT2D eigenvalue weighted by atomic mass is 16.1. The topological polar surface area (TPSA) is 17.1 Å². The van der Waals surface area contributed by atoms with Crippen molar-refractivity contribution in [2.24, 2.45) is 11.8 Å². The van der Waals surface area contributed by atoms with Gasteiger partial charge in [-0.3, -0.25) is 4.79 Å². The molecule has 1 nitrogen and oxygen atoms in total. The largest absolute Gasteiger partial charge is 0.295 e. The van der Waals surface area contributed by atoms with Gasteiger partial charge in [-0.05, 0) is 36.7 Å². The molecule has 0 aromatic heterocycles. The zero-order valence-electron chi connectivity index (χ0n) is 6.97. The second-order valence-corrected chi connectivity index (χ2v) is 3.84. The summed E-state index contributed by atoms with van der Waals surface area (Å²) in [7, 11) is 0. The van der Waals surface area contributed by atoms with Gasteiger partial charge in [-0.1, -0.05) is 13.0 Å². The van der Waals surface area contributed by atoms with Gasteiger partial charge < -0.3 is 0 Å². The molecule has 0 bridgehead atoms. The van der Waals surface area contributed by atoms with E-state index in [1.807, 2.05) is 0 Å². The van der Waals surface area contributed by atoms with E-state index in [1.165, 1.54) is 12.8 Å². The number of ketones is 1. The minimum absolute atomic E-state index is 0.418. The fourth-order valence-electron chi connectivity index (χ4n) is 2.22. The van der Waals surface area contributed by atoms with Gasteiger partial charge in [-0.2, -0.15) is 0 Å². The summed E-state index contributed by atoms with van der Waals surface area (Å²) < 4.78 is 0. The van der Waals surface area contributed by atoms with E-state index in [4.69, 9.17) is 0 Å². The molecule has 0 radical (unpaired) electrons. The lowest BCUT2D eigenvalue weighted by Crippen LogP contribution is -2.10. The van der Waals surface area contributed by atoms with Crippen LogP contribution in [0.2, 0.25) is 0 Å². The summed E-state index contributed by atoms with van der Waals surface area (Å²) in [5, 5.41) is 0. The Hall–Kier alpha value is -0.590. The molecule has 0 heterocycles. The highest BCUT2D eigenvalue weighted by molar-refractivity contribution is 5.98. The normalized spacial score (nSPS) is 36.8. The maximum Gasteiger partial charge on any atom is 0.158 e. The van der Waals surface area contributed by atoms with Gasteiger partial charge in [-0.25, -0.2) is 0 Å². The minimum Gasteiger partial charge on any atom is -0.295 e. The van der Waals surface area contributed by atoms with E-state index in [0.717, 1.165) is 18.4 Å². The second kappa shape index (κ2) is 2.47. The number of allylic oxidation sites excluding steroid dienone is 2. The molecule has 0 aromatic rings. The molecule has 1 saturated carbocycles.